The van der Waals surface area contributed by atoms with E-state index in [2.05, 4.69) is 5.32 Å². The lowest BCUT2D eigenvalue weighted by Gasteiger charge is -2.11. The molecule has 2 aromatic rings. The molecule has 0 saturated heterocycles. The van der Waals surface area contributed by atoms with Crippen LogP contribution in [0, 0.1) is 0 Å². The molecular weight excluding hydrogens is 366 g/mol. The van der Waals surface area contributed by atoms with Crippen LogP contribution in [0.25, 0.3) is 0 Å². The first-order valence-corrected chi connectivity index (χ1v) is 9.56. The predicted octanol–water partition coefficient (Wildman–Crippen LogP) is 3.81. The van der Waals surface area contributed by atoms with Gasteiger partial charge in [-0.15, -0.1) is 11.8 Å². The van der Waals surface area contributed by atoms with Crippen molar-refractivity contribution in [2.24, 2.45) is 0 Å². The highest BCUT2D eigenvalue weighted by atomic mass is 32.2. The Kier molecular flexibility index (Phi) is 7.43. The molecule has 0 radical (unpaired) electrons. The molecule has 0 bridgehead atoms. The quantitative estimate of drug-likeness (QED) is 0.421. The second-order valence-corrected chi connectivity index (χ2v) is 6.40. The van der Waals surface area contributed by atoms with Gasteiger partial charge in [-0.3, -0.25) is 9.59 Å². The molecule has 2 aromatic carbocycles. The zero-order chi connectivity index (χ0) is 19.8. The van der Waals surface area contributed by atoms with E-state index in [0.29, 0.717) is 29.2 Å². The predicted molar refractivity (Wildman–Crippen MR) is 105 cm³/mol. The summed E-state index contributed by atoms with van der Waals surface area (Å²) in [6, 6.07) is 11.5. The summed E-state index contributed by atoms with van der Waals surface area (Å²) in [4.78, 5) is 36.0. The van der Waals surface area contributed by atoms with Gasteiger partial charge in [-0.2, -0.15) is 0 Å². The van der Waals surface area contributed by atoms with Gasteiger partial charge in [0.15, 0.2) is 12.4 Å². The highest BCUT2D eigenvalue weighted by Crippen LogP contribution is 2.27. The molecule has 0 atom stereocenters. The van der Waals surface area contributed by atoms with E-state index in [1.165, 1.54) is 18.7 Å². The van der Waals surface area contributed by atoms with Crippen LogP contribution in [0.1, 0.15) is 34.6 Å². The molecular formula is C20H21NO5S. The minimum absolute atomic E-state index is 0.133. The molecule has 0 aliphatic rings. The number of carbonyl (C=O) groups is 3. The van der Waals surface area contributed by atoms with Crippen molar-refractivity contribution >= 4 is 35.1 Å². The van der Waals surface area contributed by atoms with E-state index < -0.39 is 5.97 Å². The van der Waals surface area contributed by atoms with Gasteiger partial charge in [0.1, 0.15) is 5.75 Å². The number of Topliss-reactive ketones (excluding diaryl/α,β-unsaturated/α-hetero) is 1. The third-order valence-electron chi connectivity index (χ3n) is 3.57. The van der Waals surface area contributed by atoms with E-state index in [4.69, 9.17) is 9.47 Å². The Hall–Kier alpha value is -2.80. The lowest BCUT2D eigenvalue weighted by atomic mass is 10.1. The Balaban J connectivity index is 2.01. The Bertz CT molecular complexity index is 833. The van der Waals surface area contributed by atoms with Gasteiger partial charge in [0.25, 0.3) is 0 Å². The molecule has 27 heavy (non-hydrogen) atoms. The monoisotopic (exact) mass is 387 g/mol. The molecule has 142 valence electrons. The zero-order valence-corrected chi connectivity index (χ0v) is 16.2. The van der Waals surface area contributed by atoms with Crippen molar-refractivity contribution in [3.63, 3.8) is 0 Å². The van der Waals surface area contributed by atoms with Crippen molar-refractivity contribution in [2.75, 3.05) is 24.8 Å². The smallest absolute Gasteiger partial charge is 0.338 e. The Labute approximate surface area is 162 Å². The molecule has 1 amide bonds. The molecule has 0 aromatic heterocycles. The van der Waals surface area contributed by atoms with Crippen LogP contribution in [-0.4, -0.2) is 37.1 Å². The molecule has 0 spiro atoms. The van der Waals surface area contributed by atoms with Crippen molar-refractivity contribution in [1.82, 2.24) is 0 Å². The SMILES string of the molecule is CCOC(=O)c1ccc(OCC(=O)c2ccc(NC(C)=O)c(SC)c2)cc1. The fourth-order valence-corrected chi connectivity index (χ4v) is 2.88. The highest BCUT2D eigenvalue weighted by molar-refractivity contribution is 7.98. The van der Waals surface area contributed by atoms with Gasteiger partial charge in [0, 0.05) is 17.4 Å². The van der Waals surface area contributed by atoms with Gasteiger partial charge in [0.2, 0.25) is 5.91 Å². The van der Waals surface area contributed by atoms with Crippen LogP contribution < -0.4 is 10.1 Å². The summed E-state index contributed by atoms with van der Waals surface area (Å²) in [5.74, 6) is -0.270. The van der Waals surface area contributed by atoms with Crippen molar-refractivity contribution in [2.45, 2.75) is 18.7 Å². The molecule has 0 aliphatic carbocycles. The summed E-state index contributed by atoms with van der Waals surface area (Å²) in [5.41, 5.74) is 1.59. The minimum atomic E-state index is -0.399. The van der Waals surface area contributed by atoms with Crippen molar-refractivity contribution in [3.8, 4) is 5.75 Å². The Morgan fingerprint density at radius 2 is 1.70 bits per heavy atom. The number of thioether (sulfide) groups is 1. The van der Waals surface area contributed by atoms with Gasteiger partial charge in [0.05, 0.1) is 17.9 Å². The van der Waals surface area contributed by atoms with E-state index in [9.17, 15) is 14.4 Å². The third kappa shape index (κ3) is 5.86. The standard InChI is InChI=1S/C20H21NO5S/c1-4-25-20(24)14-5-8-16(9-6-14)26-12-18(23)15-7-10-17(21-13(2)22)19(11-15)27-3/h5-11H,4,12H2,1-3H3,(H,21,22). The maximum Gasteiger partial charge on any atom is 0.338 e. The lowest BCUT2D eigenvalue weighted by Crippen LogP contribution is -2.13. The second-order valence-electron chi connectivity index (χ2n) is 5.55. The number of carbonyl (C=O) groups excluding carboxylic acids is 3. The second kappa shape index (κ2) is 9.78. The first kappa shape index (κ1) is 20.5. The van der Waals surface area contributed by atoms with Crippen LogP contribution in [0.15, 0.2) is 47.4 Å². The molecule has 7 heteroatoms. The van der Waals surface area contributed by atoms with Gasteiger partial charge < -0.3 is 14.8 Å². The minimum Gasteiger partial charge on any atom is -0.485 e. The molecule has 0 fully saturated rings. The summed E-state index contributed by atoms with van der Waals surface area (Å²) < 4.78 is 10.4. The number of anilines is 1. The van der Waals surface area contributed by atoms with Crippen molar-refractivity contribution in [1.29, 1.82) is 0 Å². The van der Waals surface area contributed by atoms with Gasteiger partial charge in [-0.25, -0.2) is 4.79 Å². The number of esters is 1. The number of hydrogen-bond donors (Lipinski definition) is 1. The number of ether oxygens (including phenoxy) is 2. The molecule has 0 aliphatic heterocycles. The number of nitrogens with one attached hydrogen (secondary N) is 1. The maximum atomic E-state index is 12.4. The Morgan fingerprint density at radius 1 is 1.04 bits per heavy atom. The van der Waals surface area contributed by atoms with E-state index >= 15 is 0 Å². The van der Waals surface area contributed by atoms with E-state index in [0.717, 1.165) is 4.90 Å². The normalized spacial score (nSPS) is 10.2. The zero-order valence-electron chi connectivity index (χ0n) is 15.4. The van der Waals surface area contributed by atoms with Gasteiger partial charge >= 0.3 is 5.97 Å². The van der Waals surface area contributed by atoms with Crippen LogP contribution >= 0.6 is 11.8 Å². The number of hydrogen-bond acceptors (Lipinski definition) is 6. The van der Waals surface area contributed by atoms with E-state index in [1.807, 2.05) is 6.26 Å². The molecule has 2 rings (SSSR count). The number of benzene rings is 2. The average molecular weight is 387 g/mol. The van der Waals surface area contributed by atoms with Crippen molar-refractivity contribution < 1.29 is 23.9 Å². The fourth-order valence-electron chi connectivity index (χ4n) is 2.29. The van der Waals surface area contributed by atoms with Gasteiger partial charge in [-0.05, 0) is 55.6 Å². The van der Waals surface area contributed by atoms with Crippen LogP contribution in [0.2, 0.25) is 0 Å². The summed E-state index contributed by atoms with van der Waals surface area (Å²) >= 11 is 1.44. The van der Waals surface area contributed by atoms with Crippen molar-refractivity contribution in [3.05, 3.63) is 53.6 Å². The number of rotatable bonds is 8. The van der Waals surface area contributed by atoms with E-state index in [1.54, 1.807) is 49.4 Å². The maximum absolute atomic E-state index is 12.4. The number of ketones is 1. The third-order valence-corrected chi connectivity index (χ3v) is 4.35. The molecule has 0 unspecified atom stereocenters. The first-order chi connectivity index (χ1) is 12.9. The van der Waals surface area contributed by atoms with Crippen LogP contribution in [-0.2, 0) is 9.53 Å². The summed E-state index contributed by atoms with van der Waals surface area (Å²) in [7, 11) is 0. The molecule has 0 heterocycles. The summed E-state index contributed by atoms with van der Waals surface area (Å²) in [6.07, 6.45) is 1.87. The molecule has 1 N–H and O–H groups in total. The van der Waals surface area contributed by atoms with E-state index in [-0.39, 0.29) is 18.3 Å². The Morgan fingerprint density at radius 3 is 2.30 bits per heavy atom. The topological polar surface area (TPSA) is 81.7 Å². The summed E-state index contributed by atoms with van der Waals surface area (Å²) in [5, 5.41) is 2.73. The van der Waals surface area contributed by atoms with Gasteiger partial charge in [-0.1, -0.05) is 0 Å². The number of amides is 1. The largest absolute Gasteiger partial charge is 0.485 e. The van der Waals surface area contributed by atoms with Crippen LogP contribution in [0.3, 0.4) is 0 Å². The average Bonchev–Trinajstić information content (AvgIpc) is 2.66. The van der Waals surface area contributed by atoms with Crippen LogP contribution in [0.4, 0.5) is 5.69 Å². The first-order valence-electron chi connectivity index (χ1n) is 8.33. The molecule has 0 saturated carbocycles. The fraction of sp³-hybridized carbons (Fsp3) is 0.250. The summed E-state index contributed by atoms with van der Waals surface area (Å²) in [6.45, 7) is 3.35. The molecule has 6 nitrogen and oxygen atoms in total. The highest BCUT2D eigenvalue weighted by Gasteiger charge is 2.12. The lowest BCUT2D eigenvalue weighted by molar-refractivity contribution is -0.114. The van der Waals surface area contributed by atoms with Crippen LogP contribution in [0.5, 0.6) is 5.75 Å².